The minimum atomic E-state index is 0.432. The Hall–Kier alpha value is -1.26. The fourth-order valence-corrected chi connectivity index (χ4v) is 2.26. The van der Waals surface area contributed by atoms with E-state index in [2.05, 4.69) is 9.97 Å². The van der Waals surface area contributed by atoms with E-state index in [9.17, 15) is 0 Å². The summed E-state index contributed by atoms with van der Waals surface area (Å²) in [6, 6.07) is 7.77. The molecule has 5 heteroatoms. The van der Waals surface area contributed by atoms with Gasteiger partial charge < -0.3 is 5.73 Å². The van der Waals surface area contributed by atoms with Gasteiger partial charge in [0.05, 0.1) is 12.4 Å². The lowest BCUT2D eigenvalue weighted by molar-refractivity contribution is 1.06. The van der Waals surface area contributed by atoms with E-state index in [0.717, 1.165) is 21.4 Å². The van der Waals surface area contributed by atoms with Crippen LogP contribution >= 0.6 is 23.4 Å². The Morgan fingerprint density at radius 2 is 2.00 bits per heavy atom. The molecule has 0 amide bonds. The summed E-state index contributed by atoms with van der Waals surface area (Å²) in [6.07, 6.45) is 3.21. The van der Waals surface area contributed by atoms with Crippen molar-refractivity contribution in [2.75, 3.05) is 5.73 Å². The van der Waals surface area contributed by atoms with Gasteiger partial charge >= 0.3 is 0 Å². The van der Waals surface area contributed by atoms with Gasteiger partial charge in [0.25, 0.3) is 0 Å². The number of nitrogen functional groups attached to an aromatic ring is 1. The fraction of sp³-hybridized carbons (Fsp3) is 0.0909. The predicted octanol–water partition coefficient (Wildman–Crippen LogP) is 3.00. The van der Waals surface area contributed by atoms with Crippen LogP contribution in [-0.2, 0) is 5.75 Å². The highest BCUT2D eigenvalue weighted by Gasteiger charge is 2.01. The van der Waals surface area contributed by atoms with Crippen LogP contribution in [0.5, 0.6) is 0 Å². The summed E-state index contributed by atoms with van der Waals surface area (Å²) in [5.41, 5.74) is 6.54. The van der Waals surface area contributed by atoms with Crippen LogP contribution in [0.1, 0.15) is 5.56 Å². The van der Waals surface area contributed by atoms with Crippen LogP contribution in [0, 0.1) is 0 Å². The number of anilines is 1. The molecule has 0 aliphatic heterocycles. The van der Waals surface area contributed by atoms with Crippen LogP contribution in [0.15, 0.2) is 41.7 Å². The van der Waals surface area contributed by atoms with Gasteiger partial charge in [-0.3, -0.25) is 0 Å². The minimum Gasteiger partial charge on any atom is -0.382 e. The van der Waals surface area contributed by atoms with E-state index in [-0.39, 0.29) is 0 Å². The molecule has 0 saturated carbocycles. The minimum absolute atomic E-state index is 0.432. The molecule has 2 rings (SSSR count). The van der Waals surface area contributed by atoms with Crippen molar-refractivity contribution in [2.24, 2.45) is 0 Å². The molecule has 2 aromatic rings. The topological polar surface area (TPSA) is 51.8 Å². The van der Waals surface area contributed by atoms with Crippen molar-refractivity contribution in [3.8, 4) is 0 Å². The van der Waals surface area contributed by atoms with Gasteiger partial charge in [-0.05, 0) is 11.6 Å². The molecule has 0 fully saturated rings. The molecule has 0 radical (unpaired) electrons. The van der Waals surface area contributed by atoms with Gasteiger partial charge in [0.1, 0.15) is 10.8 Å². The molecule has 3 nitrogen and oxygen atoms in total. The van der Waals surface area contributed by atoms with Crippen molar-refractivity contribution in [1.82, 2.24) is 9.97 Å². The van der Waals surface area contributed by atoms with Crippen molar-refractivity contribution >= 4 is 29.2 Å². The van der Waals surface area contributed by atoms with Crippen molar-refractivity contribution in [2.45, 2.75) is 10.8 Å². The van der Waals surface area contributed by atoms with Crippen molar-refractivity contribution in [1.29, 1.82) is 0 Å². The number of aromatic nitrogens is 2. The second-order valence-electron chi connectivity index (χ2n) is 3.16. The van der Waals surface area contributed by atoms with Crippen molar-refractivity contribution in [3.05, 3.63) is 47.2 Å². The zero-order valence-electron chi connectivity index (χ0n) is 8.43. The van der Waals surface area contributed by atoms with Crippen LogP contribution in [0.4, 0.5) is 5.82 Å². The largest absolute Gasteiger partial charge is 0.382 e. The van der Waals surface area contributed by atoms with E-state index in [1.54, 1.807) is 24.2 Å². The maximum Gasteiger partial charge on any atom is 0.141 e. The summed E-state index contributed by atoms with van der Waals surface area (Å²) in [4.78, 5) is 8.13. The Bertz CT molecular complexity index is 473. The van der Waals surface area contributed by atoms with E-state index >= 15 is 0 Å². The van der Waals surface area contributed by atoms with Gasteiger partial charge in [-0.1, -0.05) is 29.8 Å². The molecule has 16 heavy (non-hydrogen) atoms. The quantitative estimate of drug-likeness (QED) is 0.852. The van der Waals surface area contributed by atoms with Gasteiger partial charge in [0.2, 0.25) is 0 Å². The van der Waals surface area contributed by atoms with Gasteiger partial charge in [0.15, 0.2) is 0 Å². The third-order valence-electron chi connectivity index (χ3n) is 1.98. The van der Waals surface area contributed by atoms with Gasteiger partial charge in [-0.15, -0.1) is 11.8 Å². The Kier molecular flexibility index (Phi) is 3.64. The van der Waals surface area contributed by atoms with Crippen molar-refractivity contribution < 1.29 is 0 Å². The van der Waals surface area contributed by atoms with Crippen molar-refractivity contribution in [3.63, 3.8) is 0 Å². The average Bonchev–Trinajstić information content (AvgIpc) is 2.30. The molecular formula is C11H10ClN3S. The maximum absolute atomic E-state index is 6.05. The second kappa shape index (κ2) is 5.18. The lowest BCUT2D eigenvalue weighted by Gasteiger charge is -2.03. The number of nitrogens with zero attached hydrogens (tertiary/aromatic N) is 2. The third-order valence-corrected chi connectivity index (χ3v) is 3.31. The highest BCUT2D eigenvalue weighted by atomic mass is 35.5. The zero-order chi connectivity index (χ0) is 11.4. The van der Waals surface area contributed by atoms with Crippen LogP contribution in [0.3, 0.4) is 0 Å². The first-order valence-electron chi connectivity index (χ1n) is 4.69. The molecule has 1 heterocycles. The molecule has 0 unspecified atom stereocenters. The first-order chi connectivity index (χ1) is 7.75. The zero-order valence-corrected chi connectivity index (χ0v) is 10.0. The number of thioether (sulfide) groups is 1. The number of rotatable bonds is 3. The highest BCUT2D eigenvalue weighted by Crippen LogP contribution is 2.24. The SMILES string of the molecule is Nc1cnc(SCc2ccccc2Cl)cn1. The Balaban J connectivity index is 2.02. The number of nitrogens with two attached hydrogens (primary N) is 1. The molecule has 0 atom stereocenters. The van der Waals surface area contributed by atoms with E-state index in [1.807, 2.05) is 24.3 Å². The molecule has 2 N–H and O–H groups in total. The first kappa shape index (κ1) is 11.2. The highest BCUT2D eigenvalue weighted by molar-refractivity contribution is 7.98. The summed E-state index contributed by atoms with van der Waals surface area (Å²) in [6.45, 7) is 0. The molecular weight excluding hydrogens is 242 g/mol. The summed E-state index contributed by atoms with van der Waals surface area (Å²) in [5.74, 6) is 1.21. The standard InChI is InChI=1S/C11H10ClN3S/c12-9-4-2-1-3-8(9)7-16-11-6-14-10(13)5-15-11/h1-6H,7H2,(H2,13,14). The molecule has 0 bridgehead atoms. The molecule has 82 valence electrons. The van der Waals surface area contributed by atoms with Crippen LogP contribution < -0.4 is 5.73 Å². The van der Waals surface area contributed by atoms with E-state index in [1.165, 1.54) is 0 Å². The Morgan fingerprint density at radius 3 is 2.69 bits per heavy atom. The van der Waals surface area contributed by atoms with E-state index < -0.39 is 0 Å². The third kappa shape index (κ3) is 2.87. The molecule has 0 aliphatic rings. The second-order valence-corrected chi connectivity index (χ2v) is 4.56. The van der Waals surface area contributed by atoms with Gasteiger partial charge in [-0.25, -0.2) is 9.97 Å². The predicted molar refractivity (Wildman–Crippen MR) is 67.5 cm³/mol. The summed E-state index contributed by atoms with van der Waals surface area (Å²) < 4.78 is 0. The molecule has 0 aliphatic carbocycles. The number of benzene rings is 1. The van der Waals surface area contributed by atoms with E-state index in [4.69, 9.17) is 17.3 Å². The number of hydrogen-bond donors (Lipinski definition) is 1. The maximum atomic E-state index is 6.05. The van der Waals surface area contributed by atoms with Crippen LogP contribution in [0.25, 0.3) is 0 Å². The fourth-order valence-electron chi connectivity index (χ4n) is 1.17. The number of hydrogen-bond acceptors (Lipinski definition) is 4. The van der Waals surface area contributed by atoms with Gasteiger partial charge in [-0.2, -0.15) is 0 Å². The monoisotopic (exact) mass is 251 g/mol. The van der Waals surface area contributed by atoms with E-state index in [0.29, 0.717) is 5.82 Å². The summed E-state index contributed by atoms with van der Waals surface area (Å²) >= 11 is 7.63. The lowest BCUT2D eigenvalue weighted by atomic mass is 10.2. The number of halogens is 1. The summed E-state index contributed by atoms with van der Waals surface area (Å²) in [5, 5.41) is 1.62. The van der Waals surface area contributed by atoms with Gasteiger partial charge in [0, 0.05) is 10.8 Å². The molecule has 1 aromatic carbocycles. The first-order valence-corrected chi connectivity index (χ1v) is 6.06. The Labute approximate surface area is 103 Å². The van der Waals surface area contributed by atoms with Crippen LogP contribution in [-0.4, -0.2) is 9.97 Å². The molecule has 1 aromatic heterocycles. The van der Waals surface area contributed by atoms with Crippen LogP contribution in [0.2, 0.25) is 5.02 Å². The Morgan fingerprint density at radius 1 is 1.19 bits per heavy atom. The average molecular weight is 252 g/mol. The lowest BCUT2D eigenvalue weighted by Crippen LogP contribution is -1.91. The molecule has 0 saturated heterocycles. The summed E-state index contributed by atoms with van der Waals surface area (Å²) in [7, 11) is 0. The smallest absolute Gasteiger partial charge is 0.141 e. The molecule has 0 spiro atoms. The normalized spacial score (nSPS) is 10.3.